The molecule has 1 rings (SSSR count). The third-order valence-electron chi connectivity index (χ3n) is 4.46. The maximum Gasteiger partial charge on any atom is 0.328 e. The van der Waals surface area contributed by atoms with E-state index in [1.54, 1.807) is 30.3 Å². The van der Waals surface area contributed by atoms with Crippen LogP contribution in [0.2, 0.25) is 0 Å². The number of aliphatic hydroxyl groups is 1. The molecule has 0 heterocycles. The van der Waals surface area contributed by atoms with E-state index in [0.717, 1.165) is 0 Å². The summed E-state index contributed by atoms with van der Waals surface area (Å²) >= 11 is 0. The zero-order valence-corrected chi connectivity index (χ0v) is 17.8. The lowest BCUT2D eigenvalue weighted by atomic mass is 10.0. The van der Waals surface area contributed by atoms with E-state index in [9.17, 15) is 28.8 Å². The van der Waals surface area contributed by atoms with E-state index in [0.29, 0.717) is 5.56 Å². The highest BCUT2D eigenvalue weighted by molar-refractivity contribution is 5.96. The van der Waals surface area contributed by atoms with Crippen LogP contribution in [-0.2, 0) is 35.2 Å². The Balaban J connectivity index is 2.94. The molecule has 1 aromatic carbocycles. The van der Waals surface area contributed by atoms with Crippen molar-refractivity contribution >= 4 is 35.6 Å². The Hall–Kier alpha value is -4.04. The second kappa shape index (κ2) is 13.5. The van der Waals surface area contributed by atoms with Gasteiger partial charge in [0.25, 0.3) is 0 Å². The number of nitrogens with one attached hydrogen (secondary N) is 3. The number of benzene rings is 1. The Morgan fingerprint density at radius 2 is 1.18 bits per heavy atom. The van der Waals surface area contributed by atoms with Gasteiger partial charge >= 0.3 is 17.9 Å². The van der Waals surface area contributed by atoms with Crippen LogP contribution >= 0.6 is 0 Å². The largest absolute Gasteiger partial charge is 0.481 e. The van der Waals surface area contributed by atoms with Crippen LogP contribution in [0.15, 0.2) is 30.3 Å². The SMILES string of the molecule is NC(Cc1ccccc1)C(=O)NC(CC(=O)O)C(=O)NC(CC(=O)O)C(=O)NC(CO)C(=O)O. The molecule has 0 saturated heterocycles. The molecule has 4 unspecified atom stereocenters. The molecule has 0 bridgehead atoms. The van der Waals surface area contributed by atoms with Crippen molar-refractivity contribution in [2.75, 3.05) is 6.61 Å². The Kier molecular flexibility index (Phi) is 11.1. The topological polar surface area (TPSA) is 245 Å². The van der Waals surface area contributed by atoms with E-state index in [1.165, 1.54) is 0 Å². The van der Waals surface area contributed by atoms with Crippen LogP contribution in [-0.4, -0.2) is 86.8 Å². The Morgan fingerprint density at radius 3 is 1.59 bits per heavy atom. The van der Waals surface area contributed by atoms with Crippen molar-refractivity contribution in [2.45, 2.75) is 43.4 Å². The molecule has 4 atom stereocenters. The summed E-state index contributed by atoms with van der Waals surface area (Å²) in [5.74, 6) is -7.96. The van der Waals surface area contributed by atoms with Crippen LogP contribution < -0.4 is 21.7 Å². The average Bonchev–Trinajstić information content (AvgIpc) is 2.75. The monoisotopic (exact) mass is 482 g/mol. The predicted octanol–water partition coefficient (Wildman–Crippen LogP) is -2.96. The first kappa shape index (κ1) is 28.0. The molecular weight excluding hydrogens is 456 g/mol. The van der Waals surface area contributed by atoms with Gasteiger partial charge in [-0.05, 0) is 12.0 Å². The molecule has 3 amide bonds. The summed E-state index contributed by atoms with van der Waals surface area (Å²) in [7, 11) is 0. The summed E-state index contributed by atoms with van der Waals surface area (Å²) < 4.78 is 0. The first-order valence-electron chi connectivity index (χ1n) is 9.92. The van der Waals surface area contributed by atoms with E-state index in [-0.39, 0.29) is 6.42 Å². The van der Waals surface area contributed by atoms with Crippen LogP contribution in [0, 0.1) is 0 Å². The van der Waals surface area contributed by atoms with Crippen LogP contribution in [0.1, 0.15) is 18.4 Å². The van der Waals surface area contributed by atoms with Crippen LogP contribution in [0.3, 0.4) is 0 Å². The van der Waals surface area contributed by atoms with Crippen molar-refractivity contribution in [2.24, 2.45) is 5.73 Å². The van der Waals surface area contributed by atoms with Gasteiger partial charge in [-0.25, -0.2) is 4.79 Å². The smallest absolute Gasteiger partial charge is 0.328 e. The van der Waals surface area contributed by atoms with Gasteiger partial charge in [0.05, 0.1) is 25.5 Å². The number of aliphatic hydroxyl groups excluding tert-OH is 1. The molecule has 186 valence electrons. The van der Waals surface area contributed by atoms with Crippen LogP contribution in [0.25, 0.3) is 0 Å². The van der Waals surface area contributed by atoms with Crippen molar-refractivity contribution in [3.8, 4) is 0 Å². The standard InChI is InChI=1S/C20H26N4O10/c21-11(6-10-4-2-1-3-5-10)17(30)22-12(7-15(26)27)18(31)23-13(8-16(28)29)19(32)24-14(9-25)20(33)34/h1-5,11-14,25H,6-9,21H2,(H,22,30)(H,23,31)(H,24,32)(H,26,27)(H,28,29)(H,33,34). The van der Waals surface area contributed by atoms with Crippen molar-refractivity contribution in [1.82, 2.24) is 16.0 Å². The molecule has 1 aromatic rings. The highest BCUT2D eigenvalue weighted by Crippen LogP contribution is 2.04. The summed E-state index contributed by atoms with van der Waals surface area (Å²) in [6.07, 6.45) is -1.82. The van der Waals surface area contributed by atoms with Gasteiger partial charge in [-0.3, -0.25) is 24.0 Å². The molecule has 0 aliphatic carbocycles. The number of nitrogens with two attached hydrogens (primary N) is 1. The molecule has 14 nitrogen and oxygen atoms in total. The summed E-state index contributed by atoms with van der Waals surface area (Å²) in [4.78, 5) is 70.6. The molecule has 0 aliphatic rings. The molecule has 34 heavy (non-hydrogen) atoms. The second-order valence-corrected chi connectivity index (χ2v) is 7.20. The third-order valence-corrected chi connectivity index (χ3v) is 4.46. The Morgan fingerprint density at radius 1 is 0.735 bits per heavy atom. The maximum atomic E-state index is 12.6. The molecule has 0 aromatic heterocycles. The number of carbonyl (C=O) groups excluding carboxylic acids is 3. The van der Waals surface area contributed by atoms with Crippen LogP contribution in [0.5, 0.6) is 0 Å². The fourth-order valence-corrected chi connectivity index (χ4v) is 2.74. The van der Waals surface area contributed by atoms with Crippen molar-refractivity contribution in [3.05, 3.63) is 35.9 Å². The minimum atomic E-state index is -1.83. The minimum absolute atomic E-state index is 0.0792. The van der Waals surface area contributed by atoms with E-state index in [4.69, 9.17) is 26.2 Å². The molecule has 0 fully saturated rings. The number of hydrogen-bond acceptors (Lipinski definition) is 8. The van der Waals surface area contributed by atoms with E-state index in [1.807, 2.05) is 10.6 Å². The molecule has 0 aliphatic heterocycles. The summed E-state index contributed by atoms with van der Waals surface area (Å²) in [6, 6.07) is 2.15. The summed E-state index contributed by atoms with van der Waals surface area (Å²) in [6.45, 7) is -1.01. The first-order valence-corrected chi connectivity index (χ1v) is 9.92. The number of carboxylic acids is 3. The highest BCUT2D eigenvalue weighted by atomic mass is 16.4. The van der Waals surface area contributed by atoms with E-state index < -0.39 is 79.2 Å². The van der Waals surface area contributed by atoms with Gasteiger partial charge in [0.1, 0.15) is 18.1 Å². The minimum Gasteiger partial charge on any atom is -0.481 e. The first-order chi connectivity index (χ1) is 15.9. The zero-order chi connectivity index (χ0) is 25.8. The Bertz CT molecular complexity index is 908. The fraction of sp³-hybridized carbons (Fsp3) is 0.400. The van der Waals surface area contributed by atoms with Gasteiger partial charge in [-0.15, -0.1) is 0 Å². The van der Waals surface area contributed by atoms with Gasteiger partial charge in [0.2, 0.25) is 17.7 Å². The average molecular weight is 482 g/mol. The molecule has 0 saturated carbocycles. The number of aliphatic carboxylic acids is 3. The van der Waals surface area contributed by atoms with Crippen molar-refractivity contribution in [3.63, 3.8) is 0 Å². The fourth-order valence-electron chi connectivity index (χ4n) is 2.74. The van der Waals surface area contributed by atoms with Gasteiger partial charge in [-0.1, -0.05) is 30.3 Å². The molecule has 9 N–H and O–H groups in total. The van der Waals surface area contributed by atoms with Gasteiger partial charge < -0.3 is 42.1 Å². The molecule has 0 spiro atoms. The number of hydrogen-bond donors (Lipinski definition) is 8. The van der Waals surface area contributed by atoms with E-state index >= 15 is 0 Å². The lowest BCUT2D eigenvalue weighted by Gasteiger charge is -2.23. The predicted molar refractivity (Wildman–Crippen MR) is 113 cm³/mol. The zero-order valence-electron chi connectivity index (χ0n) is 17.8. The number of carboxylic acid groups (broad SMARTS) is 3. The lowest BCUT2D eigenvalue weighted by Crippen LogP contribution is -2.58. The maximum absolute atomic E-state index is 12.6. The number of carbonyl (C=O) groups is 6. The van der Waals surface area contributed by atoms with Gasteiger partial charge in [-0.2, -0.15) is 0 Å². The molecular formula is C20H26N4O10. The second-order valence-electron chi connectivity index (χ2n) is 7.20. The molecule has 0 radical (unpaired) electrons. The number of rotatable bonds is 14. The number of amides is 3. The van der Waals surface area contributed by atoms with Crippen LogP contribution in [0.4, 0.5) is 0 Å². The quantitative estimate of drug-likeness (QED) is 0.133. The van der Waals surface area contributed by atoms with Gasteiger partial charge in [0, 0.05) is 0 Å². The summed E-state index contributed by atoms with van der Waals surface area (Å²) in [5.41, 5.74) is 6.54. The van der Waals surface area contributed by atoms with E-state index in [2.05, 4.69) is 5.32 Å². The van der Waals surface area contributed by atoms with Gasteiger partial charge in [0.15, 0.2) is 0 Å². The van der Waals surface area contributed by atoms with Crippen molar-refractivity contribution < 1.29 is 49.2 Å². The summed E-state index contributed by atoms with van der Waals surface area (Å²) in [5, 5.41) is 42.0. The third kappa shape index (κ3) is 9.62. The lowest BCUT2D eigenvalue weighted by molar-refractivity contribution is -0.145. The molecule has 14 heteroatoms. The normalized spacial score (nSPS) is 14.1. The highest BCUT2D eigenvalue weighted by Gasteiger charge is 2.32. The van der Waals surface area contributed by atoms with Crippen molar-refractivity contribution in [1.29, 1.82) is 0 Å². The Labute approximate surface area is 193 Å².